The largest absolute Gasteiger partial charge is 0.371 e. The third-order valence-electron chi connectivity index (χ3n) is 8.26. The van der Waals surface area contributed by atoms with E-state index in [1.165, 1.54) is 57.8 Å². The number of unbranched alkanes of at least 4 members (excludes halogenated alkanes) is 10. The minimum Gasteiger partial charge on any atom is -0.371 e. The van der Waals surface area contributed by atoms with E-state index in [1.54, 1.807) is 0 Å². The first kappa shape index (κ1) is 33.1. The number of likely N-dealkylation sites (N-methyl/N-ethyl adjacent to an activating group) is 1. The second-order valence-electron chi connectivity index (χ2n) is 11.5. The summed E-state index contributed by atoms with van der Waals surface area (Å²) in [5.74, 6) is 0.706. The molecule has 1 saturated heterocycles. The molecule has 2 rings (SSSR count). The third-order valence-corrected chi connectivity index (χ3v) is 8.26. The van der Waals surface area contributed by atoms with Gasteiger partial charge < -0.3 is 20.4 Å². The summed E-state index contributed by atoms with van der Waals surface area (Å²) in [6.45, 7) is 14.2. The van der Waals surface area contributed by atoms with Crippen molar-refractivity contribution in [1.82, 2.24) is 10.2 Å². The number of nitrogens with one attached hydrogen (secondary N) is 2. The van der Waals surface area contributed by atoms with Crippen molar-refractivity contribution >= 4 is 23.2 Å². The molecular formula is C33H58N4O2. The lowest BCUT2D eigenvalue weighted by molar-refractivity contribution is -0.116. The summed E-state index contributed by atoms with van der Waals surface area (Å²) in [5, 5.41) is 6.18. The summed E-state index contributed by atoms with van der Waals surface area (Å²) in [4.78, 5) is 30.6. The standard InChI is InChI=1S/C33H58N4O2/c1-5-8-9-10-11-12-13-14-15-16-17-18-32(38)35-29-19-20-31(37-24-21-28(4)22-25-37)30(27-29)33(39)34-23-26-36(6-2)7-3/h19-20,27-28H,5-18,21-26H2,1-4H3,(H,34,39)(H,35,38). The lowest BCUT2D eigenvalue weighted by Gasteiger charge is -2.33. The maximum absolute atomic E-state index is 13.3. The highest BCUT2D eigenvalue weighted by atomic mass is 16.2. The number of rotatable bonds is 20. The molecule has 0 radical (unpaired) electrons. The topological polar surface area (TPSA) is 64.7 Å². The summed E-state index contributed by atoms with van der Waals surface area (Å²) in [7, 11) is 0. The Labute approximate surface area is 239 Å². The predicted octanol–water partition coefficient (Wildman–Crippen LogP) is 7.63. The quantitative estimate of drug-likeness (QED) is 0.166. The van der Waals surface area contributed by atoms with E-state index in [0.29, 0.717) is 24.2 Å². The smallest absolute Gasteiger partial charge is 0.253 e. The molecular weight excluding hydrogens is 484 g/mol. The van der Waals surface area contributed by atoms with Gasteiger partial charge in [-0.05, 0) is 56.5 Å². The van der Waals surface area contributed by atoms with Crippen LogP contribution in [0.2, 0.25) is 0 Å². The molecule has 0 saturated carbocycles. The molecule has 1 heterocycles. The molecule has 0 aliphatic carbocycles. The number of carbonyl (C=O) groups is 2. The van der Waals surface area contributed by atoms with Crippen molar-refractivity contribution in [1.29, 1.82) is 0 Å². The van der Waals surface area contributed by atoms with Gasteiger partial charge in [0.05, 0.1) is 5.56 Å². The van der Waals surface area contributed by atoms with Gasteiger partial charge in [0, 0.05) is 44.0 Å². The highest BCUT2D eigenvalue weighted by Crippen LogP contribution is 2.29. The number of benzene rings is 1. The molecule has 39 heavy (non-hydrogen) atoms. The molecule has 2 amide bonds. The van der Waals surface area contributed by atoms with Gasteiger partial charge in [-0.3, -0.25) is 9.59 Å². The van der Waals surface area contributed by atoms with Gasteiger partial charge in [0.25, 0.3) is 5.91 Å². The highest BCUT2D eigenvalue weighted by molar-refractivity contribution is 6.02. The van der Waals surface area contributed by atoms with Crippen LogP contribution in [-0.2, 0) is 4.79 Å². The second kappa shape index (κ2) is 19.9. The molecule has 0 unspecified atom stereocenters. The Morgan fingerprint density at radius 1 is 0.872 bits per heavy atom. The summed E-state index contributed by atoms with van der Waals surface area (Å²) in [6, 6.07) is 5.85. The number of carbonyl (C=O) groups excluding carboxylic acids is 2. The zero-order chi connectivity index (χ0) is 28.3. The maximum atomic E-state index is 13.3. The summed E-state index contributed by atoms with van der Waals surface area (Å²) >= 11 is 0. The predicted molar refractivity (Wildman–Crippen MR) is 167 cm³/mol. The fourth-order valence-electron chi connectivity index (χ4n) is 5.46. The lowest BCUT2D eigenvalue weighted by atomic mass is 9.97. The van der Waals surface area contributed by atoms with Gasteiger partial charge in [0.1, 0.15) is 0 Å². The number of amides is 2. The first-order valence-electron chi connectivity index (χ1n) is 16.2. The van der Waals surface area contributed by atoms with E-state index in [1.807, 2.05) is 18.2 Å². The van der Waals surface area contributed by atoms with Gasteiger partial charge in [0.2, 0.25) is 5.91 Å². The van der Waals surface area contributed by atoms with Crippen molar-refractivity contribution in [2.45, 2.75) is 118 Å². The fraction of sp³-hybridized carbons (Fsp3) is 0.758. The van der Waals surface area contributed by atoms with Crippen molar-refractivity contribution in [2.75, 3.05) is 49.5 Å². The number of anilines is 2. The molecule has 0 spiro atoms. The average Bonchev–Trinajstić information content (AvgIpc) is 2.94. The van der Waals surface area contributed by atoms with Crippen molar-refractivity contribution in [3.05, 3.63) is 23.8 Å². The van der Waals surface area contributed by atoms with Crippen LogP contribution in [0.3, 0.4) is 0 Å². The summed E-state index contributed by atoms with van der Waals surface area (Å²) < 4.78 is 0. The van der Waals surface area contributed by atoms with Gasteiger partial charge in [-0.15, -0.1) is 0 Å². The van der Waals surface area contributed by atoms with Crippen LogP contribution in [0, 0.1) is 5.92 Å². The summed E-state index contributed by atoms with van der Waals surface area (Å²) in [6.07, 6.45) is 16.8. The van der Waals surface area contributed by atoms with Gasteiger partial charge in [-0.25, -0.2) is 0 Å². The molecule has 1 fully saturated rings. The van der Waals surface area contributed by atoms with Crippen LogP contribution < -0.4 is 15.5 Å². The number of piperidine rings is 1. The zero-order valence-corrected chi connectivity index (χ0v) is 25.7. The van der Waals surface area contributed by atoms with Crippen molar-refractivity contribution < 1.29 is 9.59 Å². The minimum atomic E-state index is -0.0581. The van der Waals surface area contributed by atoms with Crippen molar-refractivity contribution in [2.24, 2.45) is 5.92 Å². The molecule has 2 N–H and O–H groups in total. The Morgan fingerprint density at radius 2 is 1.46 bits per heavy atom. The highest BCUT2D eigenvalue weighted by Gasteiger charge is 2.22. The second-order valence-corrected chi connectivity index (χ2v) is 11.5. The van der Waals surface area contributed by atoms with Gasteiger partial charge in [-0.2, -0.15) is 0 Å². The SMILES string of the molecule is CCCCCCCCCCCCCC(=O)Nc1ccc(N2CCC(C)CC2)c(C(=O)NCCN(CC)CC)c1. The van der Waals surface area contributed by atoms with E-state index < -0.39 is 0 Å². The van der Waals surface area contributed by atoms with E-state index in [-0.39, 0.29) is 11.8 Å². The zero-order valence-electron chi connectivity index (χ0n) is 25.7. The fourth-order valence-corrected chi connectivity index (χ4v) is 5.46. The maximum Gasteiger partial charge on any atom is 0.253 e. The van der Waals surface area contributed by atoms with Crippen molar-refractivity contribution in [3.8, 4) is 0 Å². The molecule has 1 aromatic carbocycles. The number of hydrogen-bond donors (Lipinski definition) is 2. The van der Waals surface area contributed by atoms with Gasteiger partial charge >= 0.3 is 0 Å². The monoisotopic (exact) mass is 542 g/mol. The Bertz CT molecular complexity index is 816. The van der Waals surface area contributed by atoms with E-state index in [2.05, 4.69) is 48.1 Å². The van der Waals surface area contributed by atoms with E-state index in [0.717, 1.165) is 70.0 Å². The van der Waals surface area contributed by atoms with Crippen molar-refractivity contribution in [3.63, 3.8) is 0 Å². The Hall–Kier alpha value is -2.08. The minimum absolute atomic E-state index is 0.0402. The van der Waals surface area contributed by atoms with Crippen LogP contribution in [0.1, 0.15) is 128 Å². The number of nitrogens with zero attached hydrogens (tertiary/aromatic N) is 2. The molecule has 1 aromatic rings. The first-order chi connectivity index (χ1) is 19.0. The Balaban J connectivity index is 1.84. The molecule has 0 atom stereocenters. The Kier molecular flexibility index (Phi) is 16.9. The van der Waals surface area contributed by atoms with Gasteiger partial charge in [0.15, 0.2) is 0 Å². The van der Waals surface area contributed by atoms with Crippen LogP contribution in [0.5, 0.6) is 0 Å². The third kappa shape index (κ3) is 13.2. The van der Waals surface area contributed by atoms with E-state index in [4.69, 9.17) is 0 Å². The average molecular weight is 543 g/mol. The van der Waals surface area contributed by atoms with Crippen LogP contribution in [-0.4, -0.2) is 56.0 Å². The molecule has 6 heteroatoms. The van der Waals surface area contributed by atoms with E-state index >= 15 is 0 Å². The summed E-state index contributed by atoms with van der Waals surface area (Å²) in [5.41, 5.74) is 2.35. The van der Waals surface area contributed by atoms with Crippen LogP contribution >= 0.6 is 0 Å². The number of hydrogen-bond acceptors (Lipinski definition) is 4. The Morgan fingerprint density at radius 3 is 2.05 bits per heavy atom. The van der Waals surface area contributed by atoms with E-state index in [9.17, 15) is 9.59 Å². The molecule has 1 aliphatic rings. The van der Waals surface area contributed by atoms with Crippen LogP contribution in [0.25, 0.3) is 0 Å². The normalized spacial score (nSPS) is 14.1. The molecule has 0 aromatic heterocycles. The van der Waals surface area contributed by atoms with Gasteiger partial charge in [-0.1, -0.05) is 91.9 Å². The molecule has 6 nitrogen and oxygen atoms in total. The van der Waals surface area contributed by atoms with Crippen LogP contribution in [0.15, 0.2) is 18.2 Å². The lowest BCUT2D eigenvalue weighted by Crippen LogP contribution is -2.37. The first-order valence-corrected chi connectivity index (χ1v) is 16.2. The molecule has 1 aliphatic heterocycles. The molecule has 0 bridgehead atoms. The molecule has 222 valence electrons. The van der Waals surface area contributed by atoms with Crippen LogP contribution in [0.4, 0.5) is 11.4 Å².